The van der Waals surface area contributed by atoms with Gasteiger partial charge in [0.1, 0.15) is 16.1 Å². The summed E-state index contributed by atoms with van der Waals surface area (Å²) in [4.78, 5) is 41.5. The number of anilines is 1. The van der Waals surface area contributed by atoms with Crippen LogP contribution in [0, 0.1) is 18.3 Å². The van der Waals surface area contributed by atoms with Gasteiger partial charge in [0.2, 0.25) is 5.91 Å². The number of carbonyl (C=O) groups is 3. The first-order valence-corrected chi connectivity index (χ1v) is 10.9. The summed E-state index contributed by atoms with van der Waals surface area (Å²) in [5, 5.41) is 13.0. The van der Waals surface area contributed by atoms with Gasteiger partial charge in [-0.3, -0.25) is 14.4 Å². The number of ketones is 1. The Bertz CT molecular complexity index is 1050. The fourth-order valence-corrected chi connectivity index (χ4v) is 5.45. The van der Waals surface area contributed by atoms with Gasteiger partial charge in [0.05, 0.1) is 16.9 Å². The number of aryl methyl sites for hydroxylation is 2. The summed E-state index contributed by atoms with van der Waals surface area (Å²) in [6.07, 6.45) is 3.76. The molecule has 0 fully saturated rings. The first-order valence-electron chi connectivity index (χ1n) is 9.11. The van der Waals surface area contributed by atoms with E-state index in [4.69, 9.17) is 5.73 Å². The predicted octanol–water partition coefficient (Wildman–Crippen LogP) is 3.23. The minimum Gasteiger partial charge on any atom is -0.365 e. The second-order valence-corrected chi connectivity index (χ2v) is 8.83. The van der Waals surface area contributed by atoms with Crippen LogP contribution in [0.1, 0.15) is 62.2 Å². The van der Waals surface area contributed by atoms with Crippen molar-refractivity contribution in [2.45, 2.75) is 44.6 Å². The minimum absolute atomic E-state index is 0.0152. The number of hydrogen-bond acceptors (Lipinski definition) is 7. The van der Waals surface area contributed by atoms with Crippen LogP contribution in [0.25, 0.3) is 0 Å². The molecule has 0 radical (unpaired) electrons. The SMILES string of the molecule is CC(=O)c1cc(C#N)c(SCC(=O)Nc2sc3c(c2C(N)=O)CCCC3)nc1C. The summed E-state index contributed by atoms with van der Waals surface area (Å²) >= 11 is 2.52. The Morgan fingerprint density at radius 2 is 2.07 bits per heavy atom. The average molecular weight is 429 g/mol. The van der Waals surface area contributed by atoms with E-state index in [1.807, 2.05) is 6.07 Å². The zero-order chi connectivity index (χ0) is 21.1. The largest absolute Gasteiger partial charge is 0.365 e. The molecule has 9 heteroatoms. The van der Waals surface area contributed by atoms with Crippen LogP contribution in [0.3, 0.4) is 0 Å². The summed E-state index contributed by atoms with van der Waals surface area (Å²) in [6, 6.07) is 3.53. The van der Waals surface area contributed by atoms with Crippen molar-refractivity contribution in [3.63, 3.8) is 0 Å². The van der Waals surface area contributed by atoms with Crippen molar-refractivity contribution < 1.29 is 14.4 Å². The predicted molar refractivity (Wildman–Crippen MR) is 113 cm³/mol. The normalized spacial score (nSPS) is 12.7. The van der Waals surface area contributed by atoms with Crippen molar-refractivity contribution in [1.82, 2.24) is 4.98 Å². The number of nitrogens with zero attached hydrogens (tertiary/aromatic N) is 2. The molecule has 29 heavy (non-hydrogen) atoms. The van der Waals surface area contributed by atoms with Gasteiger partial charge in [0.25, 0.3) is 5.91 Å². The highest BCUT2D eigenvalue weighted by Gasteiger charge is 2.25. The van der Waals surface area contributed by atoms with E-state index < -0.39 is 5.91 Å². The first kappa shape index (κ1) is 21.0. The lowest BCUT2D eigenvalue weighted by atomic mass is 9.95. The molecule has 1 aliphatic carbocycles. The fraction of sp³-hybridized carbons (Fsp3) is 0.350. The van der Waals surface area contributed by atoms with Crippen molar-refractivity contribution >= 4 is 45.7 Å². The number of primary amides is 1. The van der Waals surface area contributed by atoms with Crippen molar-refractivity contribution in [1.29, 1.82) is 5.26 Å². The van der Waals surface area contributed by atoms with Gasteiger partial charge in [0, 0.05) is 16.1 Å². The molecule has 0 aromatic carbocycles. The minimum atomic E-state index is -0.531. The van der Waals surface area contributed by atoms with Crippen LogP contribution >= 0.6 is 23.1 Å². The van der Waals surface area contributed by atoms with Gasteiger partial charge in [-0.25, -0.2) is 4.98 Å². The highest BCUT2D eigenvalue weighted by molar-refractivity contribution is 8.00. The molecule has 1 aliphatic rings. The standard InChI is InChI=1S/C20H20N4O3S2/c1-10-14(11(2)25)7-12(8-21)19(23-10)28-9-16(26)24-20-17(18(22)27)13-5-3-4-6-15(13)29-20/h7H,3-6,9H2,1-2H3,(H2,22,27)(H,24,26). The van der Waals surface area contributed by atoms with Crippen LogP contribution in [0.2, 0.25) is 0 Å². The van der Waals surface area contributed by atoms with E-state index in [1.165, 1.54) is 24.3 Å². The molecule has 2 aromatic rings. The Balaban J connectivity index is 1.75. The molecule has 0 unspecified atom stereocenters. The number of pyridine rings is 1. The molecule has 2 heterocycles. The van der Waals surface area contributed by atoms with E-state index in [9.17, 15) is 19.6 Å². The maximum Gasteiger partial charge on any atom is 0.251 e. The van der Waals surface area contributed by atoms with Gasteiger partial charge in [-0.1, -0.05) is 11.8 Å². The van der Waals surface area contributed by atoms with E-state index >= 15 is 0 Å². The van der Waals surface area contributed by atoms with Gasteiger partial charge in [-0.2, -0.15) is 5.26 Å². The number of rotatable bonds is 6. The average Bonchev–Trinajstić information content (AvgIpc) is 3.03. The number of carbonyl (C=O) groups excluding carboxylic acids is 3. The summed E-state index contributed by atoms with van der Waals surface area (Å²) in [7, 11) is 0. The lowest BCUT2D eigenvalue weighted by Crippen LogP contribution is -2.19. The summed E-state index contributed by atoms with van der Waals surface area (Å²) in [5.74, 6) is -0.992. The van der Waals surface area contributed by atoms with Gasteiger partial charge < -0.3 is 11.1 Å². The summed E-state index contributed by atoms with van der Waals surface area (Å²) in [5.41, 5.74) is 8.09. The van der Waals surface area contributed by atoms with Crippen molar-refractivity contribution in [2.24, 2.45) is 5.73 Å². The van der Waals surface area contributed by atoms with E-state index in [0.717, 1.165) is 47.9 Å². The molecule has 3 N–H and O–H groups in total. The second-order valence-electron chi connectivity index (χ2n) is 6.76. The highest BCUT2D eigenvalue weighted by atomic mass is 32.2. The highest BCUT2D eigenvalue weighted by Crippen LogP contribution is 2.38. The van der Waals surface area contributed by atoms with Crippen LogP contribution < -0.4 is 11.1 Å². The molecule has 150 valence electrons. The smallest absolute Gasteiger partial charge is 0.251 e. The zero-order valence-corrected chi connectivity index (χ0v) is 17.8. The van der Waals surface area contributed by atoms with Gasteiger partial charge in [0.15, 0.2) is 5.78 Å². The number of nitrogens with two attached hydrogens (primary N) is 1. The van der Waals surface area contributed by atoms with Crippen molar-refractivity contribution in [3.05, 3.63) is 38.9 Å². The van der Waals surface area contributed by atoms with Gasteiger partial charge in [-0.05, 0) is 51.2 Å². The zero-order valence-electron chi connectivity index (χ0n) is 16.1. The molecule has 0 bridgehead atoms. The number of nitrogens with one attached hydrogen (secondary N) is 1. The van der Waals surface area contributed by atoms with Gasteiger partial charge in [-0.15, -0.1) is 11.3 Å². The van der Waals surface area contributed by atoms with E-state index in [1.54, 1.807) is 6.92 Å². The van der Waals surface area contributed by atoms with Crippen LogP contribution in [0.4, 0.5) is 5.00 Å². The van der Waals surface area contributed by atoms with Crippen molar-refractivity contribution in [2.75, 3.05) is 11.1 Å². The number of nitriles is 1. The second kappa shape index (κ2) is 8.76. The molecule has 0 atom stereocenters. The molecule has 0 saturated heterocycles. The molecule has 2 aromatic heterocycles. The number of amides is 2. The maximum absolute atomic E-state index is 12.5. The number of thioether (sulfide) groups is 1. The van der Waals surface area contributed by atoms with Crippen LogP contribution in [0.15, 0.2) is 11.1 Å². The van der Waals surface area contributed by atoms with Crippen LogP contribution in [-0.2, 0) is 17.6 Å². The first-order chi connectivity index (χ1) is 13.8. The van der Waals surface area contributed by atoms with E-state index in [0.29, 0.717) is 26.8 Å². The number of thiophene rings is 1. The van der Waals surface area contributed by atoms with Gasteiger partial charge >= 0.3 is 0 Å². The summed E-state index contributed by atoms with van der Waals surface area (Å²) in [6.45, 7) is 3.11. The number of aromatic nitrogens is 1. The molecule has 2 amide bonds. The quantitative estimate of drug-likeness (QED) is 0.537. The molecule has 0 aliphatic heterocycles. The molecule has 3 rings (SSSR count). The van der Waals surface area contributed by atoms with Crippen LogP contribution in [0.5, 0.6) is 0 Å². The Morgan fingerprint density at radius 3 is 2.72 bits per heavy atom. The summed E-state index contributed by atoms with van der Waals surface area (Å²) < 4.78 is 0. The number of fused-ring (bicyclic) bond motifs is 1. The Kier molecular flexibility index (Phi) is 6.35. The third-order valence-electron chi connectivity index (χ3n) is 4.69. The van der Waals surface area contributed by atoms with Crippen molar-refractivity contribution in [3.8, 4) is 6.07 Å². The maximum atomic E-state index is 12.5. The molecule has 0 saturated carbocycles. The topological polar surface area (TPSA) is 126 Å². The monoisotopic (exact) mass is 428 g/mol. The Morgan fingerprint density at radius 1 is 1.34 bits per heavy atom. The molecule has 7 nitrogen and oxygen atoms in total. The third-order valence-corrected chi connectivity index (χ3v) is 6.89. The molecular formula is C20H20N4O3S2. The van der Waals surface area contributed by atoms with E-state index in [-0.39, 0.29) is 23.0 Å². The van der Waals surface area contributed by atoms with Crippen LogP contribution in [-0.4, -0.2) is 28.3 Å². The Hall–Kier alpha value is -2.70. The fourth-order valence-electron chi connectivity index (χ4n) is 3.34. The molecular weight excluding hydrogens is 408 g/mol. The lowest BCUT2D eigenvalue weighted by Gasteiger charge is -2.11. The number of Topliss-reactive ketones (excluding diaryl/α,β-unsaturated/α-hetero) is 1. The van der Waals surface area contributed by atoms with E-state index in [2.05, 4.69) is 10.3 Å². The lowest BCUT2D eigenvalue weighted by molar-refractivity contribution is -0.113. The third kappa shape index (κ3) is 4.49. The number of hydrogen-bond donors (Lipinski definition) is 2. The Labute approximate surface area is 176 Å². The molecule has 0 spiro atoms.